The fourth-order valence-corrected chi connectivity index (χ4v) is 2.89. The fourth-order valence-electron chi connectivity index (χ4n) is 2.89. The zero-order valence-corrected chi connectivity index (χ0v) is 15.6. The normalized spacial score (nSPS) is 13.5. The maximum atomic E-state index is 12.9. The van der Waals surface area contributed by atoms with Gasteiger partial charge in [-0.25, -0.2) is 4.79 Å². The second-order valence-corrected chi connectivity index (χ2v) is 6.38. The Labute approximate surface area is 160 Å². The van der Waals surface area contributed by atoms with Crippen molar-refractivity contribution in [1.29, 1.82) is 0 Å². The first-order valence-electron chi connectivity index (χ1n) is 8.55. The van der Waals surface area contributed by atoms with Gasteiger partial charge in [0.2, 0.25) is 0 Å². The van der Waals surface area contributed by atoms with Gasteiger partial charge in [0.15, 0.2) is 17.3 Å². The standard InChI is InChI=1S/C19H17N7O2/c1-12-4-6-14(7-5-12)21-22-15-16-23-26(17(15)25(3)19(28)24(16)2)18(27)13-8-10-20-11-9-13/h4-11H,1-3H3. The van der Waals surface area contributed by atoms with E-state index in [1.54, 1.807) is 26.2 Å². The van der Waals surface area contributed by atoms with Crippen molar-refractivity contribution in [3.8, 4) is 0 Å². The first-order valence-corrected chi connectivity index (χ1v) is 8.55. The van der Waals surface area contributed by atoms with Gasteiger partial charge < -0.3 is 0 Å². The minimum atomic E-state index is -0.384. The predicted octanol–water partition coefficient (Wildman–Crippen LogP) is 3.70. The lowest BCUT2D eigenvalue weighted by Gasteiger charge is -2.26. The number of carbonyl (C=O) groups is 2. The van der Waals surface area contributed by atoms with Crippen LogP contribution in [0.3, 0.4) is 0 Å². The quantitative estimate of drug-likeness (QED) is 0.652. The van der Waals surface area contributed by atoms with E-state index in [-0.39, 0.29) is 23.6 Å². The van der Waals surface area contributed by atoms with E-state index in [0.717, 1.165) is 5.56 Å². The lowest BCUT2D eigenvalue weighted by atomic mass is 10.2. The molecule has 9 nitrogen and oxygen atoms in total. The smallest absolute Gasteiger partial charge is 0.279 e. The SMILES string of the molecule is Cc1ccc(N=Nc2c3nn(C(=O)c4ccncc4)c2N(C)C(=O)N3C)cc1. The molecule has 0 spiro atoms. The monoisotopic (exact) mass is 375 g/mol. The van der Waals surface area contributed by atoms with Gasteiger partial charge >= 0.3 is 6.03 Å². The van der Waals surface area contributed by atoms with E-state index in [9.17, 15) is 9.59 Å². The Morgan fingerprint density at radius 2 is 1.64 bits per heavy atom. The Balaban J connectivity index is 1.82. The van der Waals surface area contributed by atoms with Crippen LogP contribution in [0.5, 0.6) is 0 Å². The van der Waals surface area contributed by atoms with E-state index in [1.807, 2.05) is 31.2 Å². The first-order chi connectivity index (χ1) is 13.5. The van der Waals surface area contributed by atoms with Crippen LogP contribution < -0.4 is 9.80 Å². The van der Waals surface area contributed by atoms with Crippen molar-refractivity contribution in [2.45, 2.75) is 6.92 Å². The molecule has 0 unspecified atom stereocenters. The largest absolute Gasteiger partial charge is 0.330 e. The molecular formula is C19H17N7O2. The number of aromatic nitrogens is 3. The van der Waals surface area contributed by atoms with E-state index in [4.69, 9.17) is 0 Å². The number of benzene rings is 1. The minimum Gasteiger partial charge on any atom is -0.279 e. The lowest BCUT2D eigenvalue weighted by molar-refractivity contribution is 0.0947. The highest BCUT2D eigenvalue weighted by molar-refractivity contribution is 6.13. The van der Waals surface area contributed by atoms with E-state index in [0.29, 0.717) is 16.9 Å². The molecule has 3 aromatic rings. The van der Waals surface area contributed by atoms with Crippen LogP contribution in [0.1, 0.15) is 15.9 Å². The second kappa shape index (κ2) is 6.69. The summed E-state index contributed by atoms with van der Waals surface area (Å²) in [4.78, 5) is 32.0. The van der Waals surface area contributed by atoms with Crippen molar-refractivity contribution >= 4 is 34.9 Å². The predicted molar refractivity (Wildman–Crippen MR) is 104 cm³/mol. The molecule has 0 N–H and O–H groups in total. The summed E-state index contributed by atoms with van der Waals surface area (Å²) >= 11 is 0. The molecule has 28 heavy (non-hydrogen) atoms. The Kier molecular flexibility index (Phi) is 4.19. The number of amides is 2. The summed E-state index contributed by atoms with van der Waals surface area (Å²) in [6.07, 6.45) is 3.05. The van der Waals surface area contributed by atoms with Gasteiger partial charge in [-0.1, -0.05) is 17.7 Å². The molecule has 2 amide bonds. The van der Waals surface area contributed by atoms with Crippen LogP contribution in [0.15, 0.2) is 59.0 Å². The molecule has 4 rings (SSSR count). The lowest BCUT2D eigenvalue weighted by Crippen LogP contribution is -2.41. The first kappa shape index (κ1) is 17.5. The topological polar surface area (TPSA) is 96.0 Å². The van der Waals surface area contributed by atoms with E-state index >= 15 is 0 Å². The second-order valence-electron chi connectivity index (χ2n) is 6.38. The van der Waals surface area contributed by atoms with Gasteiger partial charge in [-0.2, -0.15) is 9.80 Å². The van der Waals surface area contributed by atoms with Crippen LogP contribution in [0, 0.1) is 6.92 Å². The van der Waals surface area contributed by atoms with Crippen molar-refractivity contribution in [2.75, 3.05) is 23.9 Å². The van der Waals surface area contributed by atoms with Crippen molar-refractivity contribution in [1.82, 2.24) is 14.8 Å². The van der Waals surface area contributed by atoms with Crippen LogP contribution in [0.2, 0.25) is 0 Å². The van der Waals surface area contributed by atoms with E-state index in [1.165, 1.54) is 26.9 Å². The summed E-state index contributed by atoms with van der Waals surface area (Å²) in [5.41, 5.74) is 2.53. The van der Waals surface area contributed by atoms with Gasteiger partial charge in [0, 0.05) is 32.1 Å². The third kappa shape index (κ3) is 2.82. The summed E-state index contributed by atoms with van der Waals surface area (Å²) < 4.78 is 1.18. The van der Waals surface area contributed by atoms with E-state index < -0.39 is 0 Å². The Morgan fingerprint density at radius 3 is 2.32 bits per heavy atom. The molecule has 3 heterocycles. The molecule has 0 fully saturated rings. The number of carbonyl (C=O) groups excluding carboxylic acids is 2. The highest BCUT2D eigenvalue weighted by Gasteiger charge is 2.37. The Morgan fingerprint density at radius 1 is 0.964 bits per heavy atom. The van der Waals surface area contributed by atoms with Crippen molar-refractivity contribution in [3.63, 3.8) is 0 Å². The summed E-state index contributed by atoms with van der Waals surface area (Å²) in [7, 11) is 3.15. The number of hydrogen-bond donors (Lipinski definition) is 0. The van der Waals surface area contributed by atoms with Crippen molar-refractivity contribution in [2.24, 2.45) is 10.2 Å². The van der Waals surface area contributed by atoms with Crippen LogP contribution in [-0.2, 0) is 0 Å². The number of anilines is 2. The summed E-state index contributed by atoms with van der Waals surface area (Å²) in [6, 6.07) is 10.4. The molecule has 0 radical (unpaired) electrons. The fraction of sp³-hybridized carbons (Fsp3) is 0.158. The molecule has 9 heteroatoms. The van der Waals surface area contributed by atoms with Crippen LogP contribution in [-0.4, -0.2) is 40.8 Å². The van der Waals surface area contributed by atoms with Crippen LogP contribution in [0.4, 0.5) is 27.8 Å². The number of hydrogen-bond acceptors (Lipinski definition) is 6. The van der Waals surface area contributed by atoms with Crippen molar-refractivity contribution < 1.29 is 9.59 Å². The van der Waals surface area contributed by atoms with Gasteiger partial charge in [-0.15, -0.1) is 10.2 Å². The van der Waals surface area contributed by atoms with Gasteiger partial charge in [0.1, 0.15) is 0 Å². The molecule has 1 aliphatic heterocycles. The van der Waals surface area contributed by atoms with Gasteiger partial charge in [0.25, 0.3) is 5.91 Å². The van der Waals surface area contributed by atoms with E-state index in [2.05, 4.69) is 20.3 Å². The third-order valence-corrected chi connectivity index (χ3v) is 4.45. The number of urea groups is 1. The highest BCUT2D eigenvalue weighted by Crippen LogP contribution is 2.43. The van der Waals surface area contributed by atoms with Gasteiger partial charge in [0.05, 0.1) is 5.69 Å². The zero-order chi connectivity index (χ0) is 19.8. The van der Waals surface area contributed by atoms with Crippen LogP contribution in [0.25, 0.3) is 0 Å². The minimum absolute atomic E-state index is 0.274. The molecule has 0 saturated heterocycles. The number of fused-ring (bicyclic) bond motifs is 2. The zero-order valence-electron chi connectivity index (χ0n) is 15.6. The van der Waals surface area contributed by atoms with Crippen molar-refractivity contribution in [3.05, 3.63) is 59.9 Å². The molecule has 1 aromatic carbocycles. The third-order valence-electron chi connectivity index (χ3n) is 4.45. The molecule has 2 aromatic heterocycles. The summed E-state index contributed by atoms with van der Waals surface area (Å²) in [5, 5.41) is 12.9. The summed E-state index contributed by atoms with van der Waals surface area (Å²) in [5.74, 6) is 0.164. The number of rotatable bonds is 3. The molecule has 0 atom stereocenters. The molecule has 140 valence electrons. The molecule has 0 saturated carbocycles. The highest BCUT2D eigenvalue weighted by atomic mass is 16.2. The van der Waals surface area contributed by atoms with Gasteiger partial charge in [-0.3, -0.25) is 19.6 Å². The average Bonchev–Trinajstić information content (AvgIpc) is 3.06. The molecule has 1 aliphatic rings. The number of pyridine rings is 1. The van der Waals surface area contributed by atoms with Crippen LogP contribution >= 0.6 is 0 Å². The number of nitrogens with zero attached hydrogens (tertiary/aromatic N) is 7. The molecular weight excluding hydrogens is 358 g/mol. The molecule has 2 bridgehead atoms. The Hall–Kier alpha value is -3.88. The Bertz CT molecular complexity index is 1090. The molecule has 0 aliphatic carbocycles. The van der Waals surface area contributed by atoms with Gasteiger partial charge in [-0.05, 0) is 31.2 Å². The number of aryl methyl sites for hydroxylation is 1. The average molecular weight is 375 g/mol. The number of azo groups is 1. The maximum Gasteiger partial charge on any atom is 0.330 e. The maximum absolute atomic E-state index is 12.9. The summed E-state index contributed by atoms with van der Waals surface area (Å²) in [6.45, 7) is 1.99.